The van der Waals surface area contributed by atoms with Gasteiger partial charge in [-0.05, 0) is 25.5 Å². The maximum Gasteiger partial charge on any atom is 0.290 e. The number of aliphatic hydroxyl groups is 1. The topological polar surface area (TPSA) is 154 Å². The van der Waals surface area contributed by atoms with Crippen molar-refractivity contribution >= 4 is 28.7 Å². The van der Waals surface area contributed by atoms with Gasteiger partial charge in [0.1, 0.15) is 16.7 Å². The third-order valence-corrected chi connectivity index (χ3v) is 4.02. The summed E-state index contributed by atoms with van der Waals surface area (Å²) in [7, 11) is 0. The van der Waals surface area contributed by atoms with Crippen molar-refractivity contribution in [3.05, 3.63) is 54.8 Å². The number of nitriles is 1. The molecule has 2 rings (SSSR count). The molecule has 0 unspecified atom stereocenters. The molecule has 1 aromatic heterocycles. The van der Waals surface area contributed by atoms with E-state index >= 15 is 0 Å². The van der Waals surface area contributed by atoms with Gasteiger partial charge in [0, 0.05) is 24.8 Å². The molecule has 1 aromatic carbocycles. The van der Waals surface area contributed by atoms with Crippen molar-refractivity contribution in [1.29, 1.82) is 5.26 Å². The van der Waals surface area contributed by atoms with Crippen LogP contribution in [0.3, 0.4) is 0 Å². The van der Waals surface area contributed by atoms with Crippen LogP contribution in [0.4, 0.5) is 17.1 Å². The van der Waals surface area contributed by atoms with Gasteiger partial charge < -0.3 is 10.2 Å². The van der Waals surface area contributed by atoms with Gasteiger partial charge in [-0.2, -0.15) is 10.4 Å². The number of hydrogen-bond donors (Lipinski definition) is 2. The third-order valence-electron chi connectivity index (χ3n) is 3.70. The van der Waals surface area contributed by atoms with Crippen LogP contribution in [0, 0.1) is 28.4 Å². The van der Waals surface area contributed by atoms with E-state index < -0.39 is 16.4 Å². The first-order valence-electron chi connectivity index (χ1n) is 7.64. The second-order valence-corrected chi connectivity index (χ2v) is 5.82. The smallest absolute Gasteiger partial charge is 0.290 e. The van der Waals surface area contributed by atoms with Gasteiger partial charge in [-0.1, -0.05) is 11.6 Å². The molecule has 140 valence electrons. The van der Waals surface area contributed by atoms with Crippen molar-refractivity contribution in [3.8, 4) is 11.9 Å². The van der Waals surface area contributed by atoms with Crippen molar-refractivity contribution in [3.63, 3.8) is 0 Å². The van der Waals surface area contributed by atoms with E-state index in [2.05, 4.69) is 10.2 Å². The summed E-state index contributed by atoms with van der Waals surface area (Å²) in [6.45, 7) is 1.19. The monoisotopic (exact) mass is 391 g/mol. The summed E-state index contributed by atoms with van der Waals surface area (Å²) in [5.41, 5.74) is -1.22. The zero-order valence-electron chi connectivity index (χ0n) is 14.1. The normalized spacial score (nSPS) is 10.9. The number of nitro groups is 1. The molecule has 0 fully saturated rings. The third kappa shape index (κ3) is 4.11. The van der Waals surface area contributed by atoms with Crippen LogP contribution in [-0.4, -0.2) is 26.3 Å². The average Bonchev–Trinajstić information content (AvgIpc) is 2.63. The summed E-state index contributed by atoms with van der Waals surface area (Å²) >= 11 is 5.73. The highest BCUT2D eigenvalue weighted by Gasteiger charge is 2.19. The number of nitro benzene ring substituents is 1. The van der Waals surface area contributed by atoms with Crippen LogP contribution in [0.1, 0.15) is 17.5 Å². The minimum atomic E-state index is -0.704. The zero-order chi connectivity index (χ0) is 20.1. The van der Waals surface area contributed by atoms with Crippen LogP contribution in [0.15, 0.2) is 33.2 Å². The number of halogens is 1. The van der Waals surface area contributed by atoms with E-state index in [1.54, 1.807) is 6.07 Å². The maximum absolute atomic E-state index is 12.6. The minimum Gasteiger partial charge on any atom is -0.493 e. The number of aliphatic hydroxyl groups excluding tert-OH is 1. The molecule has 0 spiro atoms. The molecule has 11 heteroatoms. The largest absolute Gasteiger partial charge is 0.493 e. The molecule has 2 aromatic rings. The number of azo groups is 1. The molecule has 0 aliphatic rings. The fourth-order valence-electron chi connectivity index (χ4n) is 2.30. The van der Waals surface area contributed by atoms with Gasteiger partial charge in [-0.25, -0.2) is 0 Å². The van der Waals surface area contributed by atoms with Gasteiger partial charge in [-0.3, -0.25) is 19.5 Å². The first-order chi connectivity index (χ1) is 12.8. The van der Waals surface area contributed by atoms with Crippen LogP contribution >= 0.6 is 11.6 Å². The van der Waals surface area contributed by atoms with Crippen LogP contribution in [0.2, 0.25) is 5.02 Å². The summed E-state index contributed by atoms with van der Waals surface area (Å²) < 4.78 is 0.917. The highest BCUT2D eigenvalue weighted by atomic mass is 35.5. The summed E-state index contributed by atoms with van der Waals surface area (Å²) in [5, 5.41) is 46.8. The molecular formula is C16H14ClN5O5. The zero-order valence-corrected chi connectivity index (χ0v) is 14.8. The van der Waals surface area contributed by atoms with Crippen LogP contribution in [-0.2, 0) is 6.54 Å². The second-order valence-electron chi connectivity index (χ2n) is 5.41. The Morgan fingerprint density at radius 2 is 2.11 bits per heavy atom. The average molecular weight is 392 g/mol. The highest BCUT2D eigenvalue weighted by molar-refractivity contribution is 6.32. The number of aromatic nitrogens is 1. The first kappa shape index (κ1) is 20.0. The summed E-state index contributed by atoms with van der Waals surface area (Å²) in [6.07, 6.45) is 0.182. The summed E-state index contributed by atoms with van der Waals surface area (Å²) in [6, 6.07) is 5.55. The standard InChI is InChI=1S/C16H14ClN5O5/c1-9-11(8-18)15(24)21(5-2-6-23)16(25)14(9)20-19-10-3-4-12(17)13(7-10)22(26)27/h3-4,7,23-24H,2,5-6H2,1H3. The van der Waals surface area contributed by atoms with E-state index in [9.17, 15) is 25.3 Å². The number of nitrogens with zero attached hydrogens (tertiary/aromatic N) is 5. The Bertz CT molecular complexity index is 1030. The van der Waals surface area contributed by atoms with E-state index in [-0.39, 0.29) is 52.8 Å². The molecule has 0 saturated carbocycles. The van der Waals surface area contributed by atoms with Crippen LogP contribution in [0.5, 0.6) is 5.88 Å². The molecule has 0 bridgehead atoms. The first-order valence-corrected chi connectivity index (χ1v) is 8.02. The Balaban J connectivity index is 2.57. The quantitative estimate of drug-likeness (QED) is 0.438. The Morgan fingerprint density at radius 3 is 2.70 bits per heavy atom. The van der Waals surface area contributed by atoms with Gasteiger partial charge in [0.25, 0.3) is 11.2 Å². The van der Waals surface area contributed by atoms with Crippen molar-refractivity contribution in [2.24, 2.45) is 10.2 Å². The molecular weight excluding hydrogens is 378 g/mol. The highest BCUT2D eigenvalue weighted by Crippen LogP contribution is 2.31. The van der Waals surface area contributed by atoms with E-state index in [1.165, 1.54) is 19.1 Å². The molecule has 0 amide bonds. The number of benzene rings is 1. The van der Waals surface area contributed by atoms with E-state index in [0.717, 1.165) is 10.6 Å². The predicted molar refractivity (Wildman–Crippen MR) is 95.8 cm³/mol. The predicted octanol–water partition coefficient (Wildman–Crippen LogP) is 3.09. The molecule has 2 N–H and O–H groups in total. The van der Waals surface area contributed by atoms with Crippen molar-refractivity contribution in [2.45, 2.75) is 19.9 Å². The fourth-order valence-corrected chi connectivity index (χ4v) is 2.49. The molecule has 0 atom stereocenters. The Hall–Kier alpha value is -3.29. The van der Waals surface area contributed by atoms with Crippen LogP contribution < -0.4 is 5.56 Å². The summed E-state index contributed by atoms with van der Waals surface area (Å²) in [4.78, 5) is 22.8. The van der Waals surface area contributed by atoms with E-state index in [4.69, 9.17) is 16.7 Å². The van der Waals surface area contributed by atoms with Gasteiger partial charge in [0.15, 0.2) is 5.69 Å². The van der Waals surface area contributed by atoms with Crippen LogP contribution in [0.25, 0.3) is 0 Å². The summed E-state index contributed by atoms with van der Waals surface area (Å²) in [5.74, 6) is -0.519. The Kier molecular flexibility index (Phi) is 6.23. The molecule has 27 heavy (non-hydrogen) atoms. The molecule has 0 radical (unpaired) electrons. The molecule has 10 nitrogen and oxygen atoms in total. The SMILES string of the molecule is Cc1c(C#N)c(O)n(CCCO)c(=O)c1N=Nc1ccc(Cl)c([N+](=O)[O-])c1. The fraction of sp³-hybridized carbons (Fsp3) is 0.250. The van der Waals surface area contributed by atoms with Gasteiger partial charge in [0.05, 0.1) is 10.6 Å². The van der Waals surface area contributed by atoms with Crippen molar-refractivity contribution in [1.82, 2.24) is 4.57 Å². The molecule has 0 aliphatic carbocycles. The lowest BCUT2D eigenvalue weighted by Crippen LogP contribution is -2.22. The number of hydrogen-bond acceptors (Lipinski definition) is 8. The Labute approximate surface area is 157 Å². The number of aromatic hydroxyl groups is 1. The Morgan fingerprint density at radius 1 is 1.41 bits per heavy atom. The maximum atomic E-state index is 12.6. The van der Waals surface area contributed by atoms with Gasteiger partial charge in [0.2, 0.25) is 5.88 Å². The van der Waals surface area contributed by atoms with E-state index in [0.29, 0.717) is 0 Å². The van der Waals surface area contributed by atoms with E-state index in [1.807, 2.05) is 0 Å². The van der Waals surface area contributed by atoms with Crippen molar-refractivity contribution in [2.75, 3.05) is 6.61 Å². The number of rotatable bonds is 6. The minimum absolute atomic E-state index is 0.0228. The molecule has 0 saturated heterocycles. The lowest BCUT2D eigenvalue weighted by atomic mass is 10.1. The van der Waals surface area contributed by atoms with Gasteiger partial charge >= 0.3 is 0 Å². The van der Waals surface area contributed by atoms with Crippen molar-refractivity contribution < 1.29 is 15.1 Å². The molecule has 1 heterocycles. The second kappa shape index (κ2) is 8.39. The lowest BCUT2D eigenvalue weighted by molar-refractivity contribution is -0.384. The molecule has 0 aliphatic heterocycles. The van der Waals surface area contributed by atoms with Gasteiger partial charge in [-0.15, -0.1) is 5.11 Å². The number of pyridine rings is 1. The lowest BCUT2D eigenvalue weighted by Gasteiger charge is -2.12.